The molecule has 2 amide bonds. The summed E-state index contributed by atoms with van der Waals surface area (Å²) in [5.41, 5.74) is 2.15. The van der Waals surface area contributed by atoms with E-state index < -0.39 is 11.8 Å². The molecule has 0 bridgehead atoms. The molecule has 38 heavy (non-hydrogen) atoms. The largest absolute Gasteiger partial charge is 0.497 e. The first-order chi connectivity index (χ1) is 18.5. The summed E-state index contributed by atoms with van der Waals surface area (Å²) in [5, 5.41) is 7.74. The zero-order valence-corrected chi connectivity index (χ0v) is 23.0. The molecule has 2 aromatic carbocycles. The summed E-state index contributed by atoms with van der Waals surface area (Å²) in [5.74, 6) is 0.430. The van der Waals surface area contributed by atoms with Gasteiger partial charge in [0.15, 0.2) is 0 Å². The number of rotatable bonds is 10. The average Bonchev–Trinajstić information content (AvgIpc) is 3.48. The zero-order chi connectivity index (χ0) is 26.9. The summed E-state index contributed by atoms with van der Waals surface area (Å²) < 4.78 is 10.7. The lowest BCUT2D eigenvalue weighted by Crippen LogP contribution is -2.53. The molecule has 202 valence electrons. The van der Waals surface area contributed by atoms with Crippen LogP contribution in [0.4, 0.5) is 5.69 Å². The number of benzene rings is 2. The van der Waals surface area contributed by atoms with Crippen LogP contribution in [0.3, 0.4) is 0 Å². The van der Waals surface area contributed by atoms with Crippen molar-refractivity contribution in [2.24, 2.45) is 0 Å². The highest BCUT2D eigenvalue weighted by atomic mass is 32.1. The highest BCUT2D eigenvalue weighted by Gasteiger charge is 2.32. The fraction of sp³-hybridized carbons (Fsp3) is 0.379. The Bertz CT molecular complexity index is 1180. The number of amides is 2. The minimum absolute atomic E-state index is 0.0223. The number of thiophene rings is 1. The number of nitrogens with zero attached hydrogens (tertiary/aromatic N) is 2. The molecule has 1 aliphatic rings. The number of para-hydroxylation sites is 2. The Kier molecular flexibility index (Phi) is 9.62. The molecule has 9 heteroatoms. The lowest BCUT2D eigenvalue weighted by molar-refractivity contribution is -0.139. The molecule has 8 nitrogen and oxygen atoms in total. The summed E-state index contributed by atoms with van der Waals surface area (Å²) in [6.45, 7) is 5.69. The number of ether oxygens (including phenoxy) is 2. The van der Waals surface area contributed by atoms with E-state index in [4.69, 9.17) is 9.47 Å². The number of anilines is 1. The van der Waals surface area contributed by atoms with Crippen LogP contribution >= 0.6 is 11.3 Å². The number of carbonyl (C=O) groups excluding carboxylic acids is 2. The van der Waals surface area contributed by atoms with E-state index in [1.165, 1.54) is 4.88 Å². The summed E-state index contributed by atoms with van der Waals surface area (Å²) in [6.07, 6.45) is 0.632. The van der Waals surface area contributed by atoms with Crippen molar-refractivity contribution in [2.75, 3.05) is 51.8 Å². The molecule has 2 atom stereocenters. The van der Waals surface area contributed by atoms with Gasteiger partial charge in [0.1, 0.15) is 11.5 Å². The number of nitrogens with one attached hydrogen (secondary N) is 2. The van der Waals surface area contributed by atoms with Crippen LogP contribution in [0.15, 0.2) is 66.0 Å². The molecule has 0 spiro atoms. The van der Waals surface area contributed by atoms with Gasteiger partial charge in [0, 0.05) is 43.6 Å². The van der Waals surface area contributed by atoms with Crippen molar-refractivity contribution in [3.63, 3.8) is 0 Å². The molecule has 0 aliphatic carbocycles. The van der Waals surface area contributed by atoms with E-state index in [-0.39, 0.29) is 12.1 Å². The maximum absolute atomic E-state index is 12.8. The Labute approximate surface area is 228 Å². The predicted octanol–water partition coefficient (Wildman–Crippen LogP) is 3.49. The van der Waals surface area contributed by atoms with Crippen molar-refractivity contribution in [1.29, 1.82) is 0 Å². The third-order valence-corrected chi connectivity index (χ3v) is 7.81. The minimum Gasteiger partial charge on any atom is -0.497 e. The summed E-state index contributed by atoms with van der Waals surface area (Å²) >= 11 is 1.67. The molecule has 1 fully saturated rings. The molecule has 2 heterocycles. The number of hydrogen-bond donors (Lipinski definition) is 2. The molecule has 0 unspecified atom stereocenters. The van der Waals surface area contributed by atoms with Gasteiger partial charge in [-0.3, -0.25) is 14.5 Å². The molecule has 0 radical (unpaired) electrons. The van der Waals surface area contributed by atoms with Gasteiger partial charge in [0.05, 0.1) is 25.9 Å². The van der Waals surface area contributed by atoms with Gasteiger partial charge in [-0.25, -0.2) is 0 Å². The standard InChI is InChI=1S/C29H36N4O4S/c1-21(31-29(35)28(34)30-15-14-22-10-12-23(36-2)13-11-22)27(26-9-6-20-38-26)33-18-16-32(17-19-33)24-7-4-5-8-25(24)37-3/h4-13,20-21,27H,14-19H2,1-3H3,(H,30,34)(H,31,35)/t21-,27-/m1/s1. The van der Waals surface area contributed by atoms with Crippen LogP contribution in [-0.2, 0) is 16.0 Å². The SMILES string of the molecule is COc1ccc(CCNC(=O)C(=O)N[C@H](C)[C@H](c2cccs2)N2CCN(c3ccccc3OC)CC2)cc1. The Morgan fingerprint density at radius 2 is 1.66 bits per heavy atom. The van der Waals surface area contributed by atoms with Gasteiger partial charge in [0.2, 0.25) is 0 Å². The zero-order valence-electron chi connectivity index (χ0n) is 22.2. The Morgan fingerprint density at radius 3 is 2.32 bits per heavy atom. The highest BCUT2D eigenvalue weighted by Crippen LogP contribution is 2.32. The van der Waals surface area contributed by atoms with Crippen molar-refractivity contribution < 1.29 is 19.1 Å². The maximum Gasteiger partial charge on any atom is 0.309 e. The fourth-order valence-corrected chi connectivity index (χ4v) is 5.84. The van der Waals surface area contributed by atoms with Crippen LogP contribution in [0.2, 0.25) is 0 Å². The third kappa shape index (κ3) is 6.85. The van der Waals surface area contributed by atoms with Gasteiger partial charge in [-0.15, -0.1) is 11.3 Å². The topological polar surface area (TPSA) is 83.1 Å². The predicted molar refractivity (Wildman–Crippen MR) is 151 cm³/mol. The molecule has 1 aromatic heterocycles. The van der Waals surface area contributed by atoms with E-state index in [2.05, 4.69) is 32.6 Å². The molecule has 1 aliphatic heterocycles. The molecule has 0 saturated carbocycles. The number of piperazine rings is 1. The molecule has 3 aromatic rings. The number of carbonyl (C=O) groups is 2. The van der Waals surface area contributed by atoms with Crippen molar-refractivity contribution >= 4 is 28.8 Å². The van der Waals surface area contributed by atoms with Crippen LogP contribution in [0.1, 0.15) is 23.4 Å². The summed E-state index contributed by atoms with van der Waals surface area (Å²) in [7, 11) is 3.32. The molecule has 1 saturated heterocycles. The average molecular weight is 537 g/mol. The van der Waals surface area contributed by atoms with Crippen LogP contribution < -0.4 is 25.0 Å². The summed E-state index contributed by atoms with van der Waals surface area (Å²) in [4.78, 5) is 31.2. The molecule has 4 rings (SSSR count). The second-order valence-corrected chi connectivity index (χ2v) is 10.3. The van der Waals surface area contributed by atoms with E-state index >= 15 is 0 Å². The van der Waals surface area contributed by atoms with E-state index in [9.17, 15) is 9.59 Å². The first-order valence-electron chi connectivity index (χ1n) is 12.9. The third-order valence-electron chi connectivity index (χ3n) is 6.87. The van der Waals surface area contributed by atoms with Crippen molar-refractivity contribution in [3.8, 4) is 11.5 Å². The smallest absolute Gasteiger partial charge is 0.309 e. The van der Waals surface area contributed by atoms with Crippen LogP contribution in [-0.4, -0.2) is 69.7 Å². The number of methoxy groups -OCH3 is 2. The lowest BCUT2D eigenvalue weighted by atomic mass is 10.0. The number of hydrogen-bond acceptors (Lipinski definition) is 7. The fourth-order valence-electron chi connectivity index (χ4n) is 4.88. The van der Waals surface area contributed by atoms with Gasteiger partial charge in [0.25, 0.3) is 0 Å². The van der Waals surface area contributed by atoms with Crippen LogP contribution in [0, 0.1) is 0 Å². The molecular weight excluding hydrogens is 500 g/mol. The maximum atomic E-state index is 12.8. The normalized spacial score (nSPS) is 15.4. The second kappa shape index (κ2) is 13.3. The highest BCUT2D eigenvalue weighted by molar-refractivity contribution is 7.10. The van der Waals surface area contributed by atoms with Gasteiger partial charge >= 0.3 is 11.8 Å². The first-order valence-corrected chi connectivity index (χ1v) is 13.7. The lowest BCUT2D eigenvalue weighted by Gasteiger charge is -2.42. The van der Waals surface area contributed by atoms with Crippen molar-refractivity contribution in [2.45, 2.75) is 25.4 Å². The Morgan fingerprint density at radius 1 is 0.921 bits per heavy atom. The second-order valence-electron chi connectivity index (χ2n) is 9.27. The summed E-state index contributed by atoms with van der Waals surface area (Å²) in [6, 6.07) is 19.6. The quantitative estimate of drug-likeness (QED) is 0.386. The van der Waals surface area contributed by atoms with E-state index in [0.717, 1.165) is 48.9 Å². The van der Waals surface area contributed by atoms with Crippen molar-refractivity contribution in [1.82, 2.24) is 15.5 Å². The Balaban J connectivity index is 1.33. The van der Waals surface area contributed by atoms with Crippen molar-refractivity contribution in [3.05, 3.63) is 76.5 Å². The van der Waals surface area contributed by atoms with Gasteiger partial charge in [-0.1, -0.05) is 30.3 Å². The van der Waals surface area contributed by atoms with E-state index in [1.807, 2.05) is 60.8 Å². The van der Waals surface area contributed by atoms with E-state index in [1.54, 1.807) is 25.6 Å². The van der Waals surface area contributed by atoms with Crippen LogP contribution in [0.25, 0.3) is 0 Å². The first kappa shape index (κ1) is 27.5. The molecule has 2 N–H and O–H groups in total. The monoisotopic (exact) mass is 536 g/mol. The minimum atomic E-state index is -0.615. The van der Waals surface area contributed by atoms with Gasteiger partial charge < -0.3 is 25.0 Å². The van der Waals surface area contributed by atoms with Crippen LogP contribution in [0.5, 0.6) is 11.5 Å². The van der Waals surface area contributed by atoms with E-state index in [0.29, 0.717) is 13.0 Å². The van der Waals surface area contributed by atoms with Gasteiger partial charge in [-0.2, -0.15) is 0 Å². The van der Waals surface area contributed by atoms with Gasteiger partial charge in [-0.05, 0) is 54.6 Å². The Hall–Kier alpha value is -3.56. The molecular formula is C29H36N4O4S.